The van der Waals surface area contributed by atoms with Gasteiger partial charge in [0.15, 0.2) is 0 Å². The average Bonchev–Trinajstić information content (AvgIpc) is 2.85. The van der Waals surface area contributed by atoms with Gasteiger partial charge in [0.1, 0.15) is 0 Å². The Morgan fingerprint density at radius 2 is 1.74 bits per heavy atom. The highest BCUT2D eigenvalue weighted by Crippen LogP contribution is 2.23. The molecule has 1 aliphatic rings. The third-order valence-electron chi connectivity index (χ3n) is 4.57. The van der Waals surface area contributed by atoms with Crippen molar-refractivity contribution in [3.05, 3.63) is 35.9 Å². The van der Waals surface area contributed by atoms with Crippen LogP contribution in [0.2, 0.25) is 0 Å². The minimum atomic E-state index is -0.254. The molecule has 1 amide bonds. The molecular weight excluding hydrogens is 290 g/mol. The Bertz CT molecular complexity index is 493. The first-order valence-corrected chi connectivity index (χ1v) is 8.61. The highest BCUT2D eigenvalue weighted by molar-refractivity contribution is 5.80. The number of ether oxygens (including phenoxy) is 1. The summed E-state index contributed by atoms with van der Waals surface area (Å²) >= 11 is 0. The van der Waals surface area contributed by atoms with Crippen molar-refractivity contribution in [2.24, 2.45) is 0 Å². The number of hydrogen-bond donors (Lipinski definition) is 0. The molecule has 1 aliphatic carbocycles. The molecule has 0 unspecified atom stereocenters. The highest BCUT2D eigenvalue weighted by atomic mass is 16.5. The van der Waals surface area contributed by atoms with E-state index in [1.807, 2.05) is 35.2 Å². The van der Waals surface area contributed by atoms with E-state index in [2.05, 4.69) is 0 Å². The van der Waals surface area contributed by atoms with Crippen LogP contribution in [0, 0.1) is 0 Å². The van der Waals surface area contributed by atoms with E-state index in [0.29, 0.717) is 13.0 Å². The number of amides is 1. The summed E-state index contributed by atoms with van der Waals surface area (Å²) in [5.74, 6) is -0.136. The average molecular weight is 317 g/mol. The molecule has 1 aromatic rings. The van der Waals surface area contributed by atoms with E-state index >= 15 is 0 Å². The lowest BCUT2D eigenvalue weighted by molar-refractivity contribution is -0.142. The van der Waals surface area contributed by atoms with Crippen LogP contribution in [0.3, 0.4) is 0 Å². The third kappa shape index (κ3) is 5.70. The molecular formula is C19H27NO3. The first-order chi connectivity index (χ1) is 11.2. The number of methoxy groups -OCH3 is 1. The van der Waals surface area contributed by atoms with Gasteiger partial charge in [0.05, 0.1) is 20.0 Å². The van der Waals surface area contributed by atoms with Crippen molar-refractivity contribution >= 4 is 11.9 Å². The lowest BCUT2D eigenvalue weighted by atomic mass is 10.0. The van der Waals surface area contributed by atoms with Crippen molar-refractivity contribution in [3.8, 4) is 0 Å². The van der Waals surface area contributed by atoms with Crippen molar-refractivity contribution in [3.63, 3.8) is 0 Å². The molecule has 4 nitrogen and oxygen atoms in total. The summed E-state index contributed by atoms with van der Waals surface area (Å²) in [6.45, 7) is 0.461. The van der Waals surface area contributed by atoms with Crippen molar-refractivity contribution in [2.45, 2.75) is 57.4 Å². The molecule has 0 aromatic heterocycles. The zero-order valence-electron chi connectivity index (χ0n) is 14.0. The Labute approximate surface area is 138 Å². The van der Waals surface area contributed by atoms with Gasteiger partial charge >= 0.3 is 5.97 Å². The molecule has 0 radical (unpaired) electrons. The molecule has 1 aromatic carbocycles. The lowest BCUT2D eigenvalue weighted by Gasteiger charge is -2.31. The zero-order chi connectivity index (χ0) is 16.5. The maximum Gasteiger partial charge on any atom is 0.307 e. The molecule has 126 valence electrons. The summed E-state index contributed by atoms with van der Waals surface area (Å²) in [5.41, 5.74) is 1.02. The van der Waals surface area contributed by atoms with Crippen molar-refractivity contribution < 1.29 is 14.3 Å². The van der Waals surface area contributed by atoms with E-state index in [1.54, 1.807) is 0 Å². The van der Waals surface area contributed by atoms with Crippen LogP contribution in [0.15, 0.2) is 30.3 Å². The van der Waals surface area contributed by atoms with Crippen LogP contribution < -0.4 is 0 Å². The summed E-state index contributed by atoms with van der Waals surface area (Å²) in [5, 5.41) is 0. The Morgan fingerprint density at radius 1 is 1.09 bits per heavy atom. The second kappa shape index (κ2) is 9.33. The van der Waals surface area contributed by atoms with Gasteiger partial charge in [-0.2, -0.15) is 0 Å². The quantitative estimate of drug-likeness (QED) is 0.597. The molecule has 4 heteroatoms. The van der Waals surface area contributed by atoms with Gasteiger partial charge in [-0.3, -0.25) is 9.59 Å². The normalized spacial score (nSPS) is 15.7. The maximum absolute atomic E-state index is 12.8. The van der Waals surface area contributed by atoms with Gasteiger partial charge in [0.2, 0.25) is 5.91 Å². The highest BCUT2D eigenvalue weighted by Gasteiger charge is 2.25. The standard InChI is InChI=1S/C19H27NO3/c1-23-19(22)13-14-20(17-11-7-2-3-8-12-17)18(21)15-16-9-5-4-6-10-16/h4-6,9-10,17H,2-3,7-8,11-15H2,1H3. The van der Waals surface area contributed by atoms with Gasteiger partial charge in [-0.05, 0) is 18.4 Å². The number of benzene rings is 1. The molecule has 2 rings (SSSR count). The Kier molecular flexibility index (Phi) is 7.11. The molecule has 0 N–H and O–H groups in total. The van der Waals surface area contributed by atoms with E-state index in [1.165, 1.54) is 20.0 Å². The van der Waals surface area contributed by atoms with Gasteiger partial charge in [-0.15, -0.1) is 0 Å². The second-order valence-corrected chi connectivity index (χ2v) is 6.22. The molecule has 0 spiro atoms. The van der Waals surface area contributed by atoms with Crippen LogP contribution in [0.25, 0.3) is 0 Å². The first-order valence-electron chi connectivity index (χ1n) is 8.61. The smallest absolute Gasteiger partial charge is 0.307 e. The number of esters is 1. The van der Waals surface area contributed by atoms with Crippen LogP contribution in [0.1, 0.15) is 50.5 Å². The minimum absolute atomic E-state index is 0.118. The largest absolute Gasteiger partial charge is 0.469 e. The van der Waals surface area contributed by atoms with Gasteiger partial charge in [0.25, 0.3) is 0 Å². The summed E-state index contributed by atoms with van der Waals surface area (Å²) in [4.78, 5) is 26.2. The zero-order valence-corrected chi connectivity index (χ0v) is 14.0. The van der Waals surface area contributed by atoms with Crippen molar-refractivity contribution in [1.29, 1.82) is 0 Å². The fourth-order valence-electron chi connectivity index (χ4n) is 3.27. The van der Waals surface area contributed by atoms with E-state index in [0.717, 1.165) is 31.2 Å². The molecule has 1 fully saturated rings. The topological polar surface area (TPSA) is 46.6 Å². The second-order valence-electron chi connectivity index (χ2n) is 6.22. The van der Waals surface area contributed by atoms with Crippen LogP contribution in [0.5, 0.6) is 0 Å². The SMILES string of the molecule is COC(=O)CCN(C(=O)Cc1ccccc1)C1CCCCCC1. The van der Waals surface area contributed by atoms with Crippen LogP contribution in [-0.2, 0) is 20.7 Å². The van der Waals surface area contributed by atoms with Gasteiger partial charge < -0.3 is 9.64 Å². The van der Waals surface area contributed by atoms with Gasteiger partial charge in [0, 0.05) is 12.6 Å². The number of carbonyl (C=O) groups is 2. The fraction of sp³-hybridized carbons (Fsp3) is 0.579. The van der Waals surface area contributed by atoms with E-state index in [-0.39, 0.29) is 24.3 Å². The number of nitrogens with zero attached hydrogens (tertiary/aromatic N) is 1. The van der Waals surface area contributed by atoms with Crippen LogP contribution in [-0.4, -0.2) is 36.5 Å². The Morgan fingerprint density at radius 3 is 2.35 bits per heavy atom. The summed E-state index contributed by atoms with van der Waals surface area (Å²) in [6.07, 6.45) is 7.58. The fourth-order valence-corrected chi connectivity index (χ4v) is 3.27. The molecule has 23 heavy (non-hydrogen) atoms. The Balaban J connectivity index is 2.04. The molecule has 0 bridgehead atoms. The predicted octanol–water partition coefficient (Wildman–Crippen LogP) is 3.34. The first kappa shape index (κ1) is 17.5. The molecule has 0 saturated heterocycles. The Hall–Kier alpha value is -1.84. The number of rotatable bonds is 6. The third-order valence-corrected chi connectivity index (χ3v) is 4.57. The van der Waals surface area contributed by atoms with Crippen LogP contribution >= 0.6 is 0 Å². The molecule has 1 saturated carbocycles. The lowest BCUT2D eigenvalue weighted by Crippen LogP contribution is -2.42. The molecule has 0 atom stereocenters. The number of hydrogen-bond acceptors (Lipinski definition) is 3. The van der Waals surface area contributed by atoms with E-state index in [9.17, 15) is 9.59 Å². The molecule has 0 heterocycles. The summed E-state index contributed by atoms with van der Waals surface area (Å²) < 4.78 is 4.73. The van der Waals surface area contributed by atoms with E-state index in [4.69, 9.17) is 4.74 Å². The molecule has 0 aliphatic heterocycles. The van der Waals surface area contributed by atoms with Crippen LogP contribution in [0.4, 0.5) is 0 Å². The summed E-state index contributed by atoms with van der Waals surface area (Å²) in [6, 6.07) is 10.1. The van der Waals surface area contributed by atoms with Crippen molar-refractivity contribution in [1.82, 2.24) is 4.90 Å². The maximum atomic E-state index is 12.8. The van der Waals surface area contributed by atoms with Gasteiger partial charge in [-0.25, -0.2) is 0 Å². The van der Waals surface area contributed by atoms with Crippen molar-refractivity contribution in [2.75, 3.05) is 13.7 Å². The van der Waals surface area contributed by atoms with E-state index < -0.39 is 0 Å². The van der Waals surface area contributed by atoms with Gasteiger partial charge in [-0.1, -0.05) is 56.0 Å². The predicted molar refractivity (Wildman–Crippen MR) is 90.0 cm³/mol. The monoisotopic (exact) mass is 317 g/mol. The number of carbonyl (C=O) groups excluding carboxylic acids is 2. The summed E-state index contributed by atoms with van der Waals surface area (Å²) in [7, 11) is 1.39. The minimum Gasteiger partial charge on any atom is -0.469 e.